The van der Waals surface area contributed by atoms with E-state index in [1.54, 1.807) is 6.07 Å². The molecule has 0 aliphatic carbocycles. The van der Waals surface area contributed by atoms with E-state index in [4.69, 9.17) is 19.2 Å². The fourth-order valence-electron chi connectivity index (χ4n) is 4.64. The van der Waals surface area contributed by atoms with Crippen LogP contribution < -0.4 is 4.74 Å². The number of nitrogens with one attached hydrogen (secondary N) is 1. The van der Waals surface area contributed by atoms with Gasteiger partial charge in [-0.2, -0.15) is 5.10 Å². The number of esters is 1. The normalized spacial score (nSPS) is 14.6. The molecule has 1 saturated heterocycles. The highest BCUT2D eigenvalue weighted by Crippen LogP contribution is 2.35. The number of ether oxygens (including phenoxy) is 3. The predicted octanol–water partition coefficient (Wildman–Crippen LogP) is 3.80. The first kappa shape index (κ1) is 23.3. The monoisotopic (exact) mass is 477 g/mol. The number of H-pyrrole nitrogens is 1. The molecule has 0 saturated carbocycles. The van der Waals surface area contributed by atoms with Crippen molar-refractivity contribution in [2.24, 2.45) is 0 Å². The third-order valence-corrected chi connectivity index (χ3v) is 6.42. The molecule has 4 heterocycles. The van der Waals surface area contributed by atoms with Crippen molar-refractivity contribution in [1.82, 2.24) is 24.6 Å². The highest BCUT2D eigenvalue weighted by atomic mass is 16.5. The number of carbonyl (C=O) groups is 1. The van der Waals surface area contributed by atoms with Crippen LogP contribution in [0, 0.1) is 6.92 Å². The zero-order chi connectivity index (χ0) is 24.4. The second-order valence-corrected chi connectivity index (χ2v) is 8.77. The van der Waals surface area contributed by atoms with Gasteiger partial charge >= 0.3 is 5.97 Å². The van der Waals surface area contributed by atoms with E-state index in [-0.39, 0.29) is 0 Å². The highest BCUT2D eigenvalue weighted by molar-refractivity contribution is 6.11. The summed E-state index contributed by atoms with van der Waals surface area (Å²) in [5, 5.41) is 6.35. The molecule has 0 amide bonds. The van der Waals surface area contributed by atoms with E-state index in [0.717, 1.165) is 84.7 Å². The number of aromatic nitrogens is 4. The number of hydrogen-bond donors (Lipinski definition) is 1. The fraction of sp³-hybridized carbons (Fsp3) is 0.423. The van der Waals surface area contributed by atoms with Crippen LogP contribution in [0.1, 0.15) is 29.4 Å². The summed E-state index contributed by atoms with van der Waals surface area (Å²) in [4.78, 5) is 23.0. The van der Waals surface area contributed by atoms with E-state index in [1.807, 2.05) is 36.0 Å². The van der Waals surface area contributed by atoms with Crippen LogP contribution in [0.3, 0.4) is 0 Å². The lowest BCUT2D eigenvalue weighted by atomic mass is 10.1. The van der Waals surface area contributed by atoms with E-state index in [2.05, 4.69) is 21.9 Å². The van der Waals surface area contributed by atoms with Crippen molar-refractivity contribution in [3.05, 3.63) is 41.7 Å². The number of nitrogens with zero attached hydrogens (tertiary/aromatic N) is 4. The summed E-state index contributed by atoms with van der Waals surface area (Å²) in [6, 6.07) is 7.65. The van der Waals surface area contributed by atoms with Crippen LogP contribution in [0.2, 0.25) is 0 Å². The van der Waals surface area contributed by atoms with Gasteiger partial charge in [-0.3, -0.25) is 14.6 Å². The molecule has 9 heteroatoms. The molecule has 5 rings (SSSR count). The van der Waals surface area contributed by atoms with Crippen LogP contribution in [0.25, 0.3) is 33.2 Å². The summed E-state index contributed by atoms with van der Waals surface area (Å²) in [5.41, 5.74) is 4.99. The number of benzene rings is 1. The topological polar surface area (TPSA) is 94.5 Å². The zero-order valence-corrected chi connectivity index (χ0v) is 20.5. The van der Waals surface area contributed by atoms with E-state index in [9.17, 15) is 4.79 Å². The number of aryl methyl sites for hydroxylation is 2. The average Bonchev–Trinajstić information content (AvgIpc) is 3.46. The Morgan fingerprint density at radius 2 is 2.00 bits per heavy atom. The van der Waals surface area contributed by atoms with Gasteiger partial charge in [0.2, 0.25) is 0 Å². The zero-order valence-electron chi connectivity index (χ0n) is 20.5. The lowest BCUT2D eigenvalue weighted by molar-refractivity contribution is 0.0358. The number of carbonyl (C=O) groups excluding carboxylic acids is 1. The average molecular weight is 478 g/mol. The third-order valence-electron chi connectivity index (χ3n) is 6.42. The Labute approximate surface area is 204 Å². The highest BCUT2D eigenvalue weighted by Gasteiger charge is 2.18. The van der Waals surface area contributed by atoms with Gasteiger partial charge in [-0.1, -0.05) is 0 Å². The summed E-state index contributed by atoms with van der Waals surface area (Å²) in [6.45, 7) is 9.78. The molecule has 0 unspecified atom stereocenters. The molecule has 1 aliphatic rings. The van der Waals surface area contributed by atoms with Crippen molar-refractivity contribution in [3.8, 4) is 17.1 Å². The molecular formula is C26H31N5O4. The minimum Gasteiger partial charge on any atom is -0.491 e. The molecule has 3 aromatic heterocycles. The number of aromatic amines is 1. The van der Waals surface area contributed by atoms with Crippen molar-refractivity contribution in [2.75, 3.05) is 46.6 Å². The summed E-state index contributed by atoms with van der Waals surface area (Å²) in [7, 11) is 1.39. The van der Waals surface area contributed by atoms with Crippen LogP contribution >= 0.6 is 0 Å². The Hall–Kier alpha value is -3.43. The second-order valence-electron chi connectivity index (χ2n) is 8.77. The van der Waals surface area contributed by atoms with Gasteiger partial charge in [-0.15, -0.1) is 0 Å². The van der Waals surface area contributed by atoms with Crippen molar-refractivity contribution in [2.45, 2.75) is 26.8 Å². The minimum atomic E-state index is -0.397. The number of morpholine rings is 1. The van der Waals surface area contributed by atoms with Crippen molar-refractivity contribution >= 4 is 27.8 Å². The van der Waals surface area contributed by atoms with Crippen LogP contribution in [0.5, 0.6) is 5.75 Å². The fourth-order valence-corrected chi connectivity index (χ4v) is 4.64. The second kappa shape index (κ2) is 10.1. The molecule has 0 spiro atoms. The number of pyridine rings is 1. The van der Waals surface area contributed by atoms with Crippen LogP contribution in [0.15, 0.2) is 30.5 Å². The molecular weight excluding hydrogens is 446 g/mol. The van der Waals surface area contributed by atoms with E-state index in [1.165, 1.54) is 7.11 Å². The van der Waals surface area contributed by atoms with Gasteiger partial charge in [-0.25, -0.2) is 4.79 Å². The molecule has 184 valence electrons. The summed E-state index contributed by atoms with van der Waals surface area (Å²) in [6.07, 6.45) is 2.73. The smallest absolute Gasteiger partial charge is 0.338 e. The Morgan fingerprint density at radius 1 is 1.17 bits per heavy atom. The Bertz CT molecular complexity index is 1350. The Kier molecular flexibility index (Phi) is 6.70. The molecule has 1 N–H and O–H groups in total. The van der Waals surface area contributed by atoms with Gasteiger partial charge in [0.1, 0.15) is 5.75 Å². The molecule has 0 atom stereocenters. The summed E-state index contributed by atoms with van der Waals surface area (Å²) < 4.78 is 18.6. The lowest BCUT2D eigenvalue weighted by Gasteiger charge is -2.26. The van der Waals surface area contributed by atoms with Gasteiger partial charge in [0.05, 0.1) is 60.6 Å². The van der Waals surface area contributed by atoms with Crippen LogP contribution in [-0.2, 0) is 16.0 Å². The summed E-state index contributed by atoms with van der Waals surface area (Å²) in [5.74, 6) is 0.239. The largest absolute Gasteiger partial charge is 0.491 e. The first-order valence-corrected chi connectivity index (χ1v) is 12.1. The van der Waals surface area contributed by atoms with Crippen molar-refractivity contribution in [1.29, 1.82) is 0 Å². The van der Waals surface area contributed by atoms with Gasteiger partial charge in [0.15, 0.2) is 0 Å². The van der Waals surface area contributed by atoms with E-state index >= 15 is 0 Å². The molecule has 1 aromatic carbocycles. The first-order valence-electron chi connectivity index (χ1n) is 12.1. The molecule has 0 radical (unpaired) electrons. The number of fused-ring (bicyclic) bond motifs is 3. The van der Waals surface area contributed by atoms with Crippen LogP contribution in [0.4, 0.5) is 0 Å². The number of hydrogen-bond acceptors (Lipinski definition) is 7. The lowest BCUT2D eigenvalue weighted by Crippen LogP contribution is -2.37. The first-order chi connectivity index (χ1) is 17.1. The van der Waals surface area contributed by atoms with Gasteiger partial charge in [0.25, 0.3) is 0 Å². The van der Waals surface area contributed by atoms with Gasteiger partial charge in [0, 0.05) is 43.1 Å². The SMILES string of the molecule is CCn1nc(C)cc1-c1cc2[nH]c3c(OCCCN4CCOCC4)cc(C(=O)OC)cc3c2cn1. The van der Waals surface area contributed by atoms with E-state index < -0.39 is 5.97 Å². The molecule has 1 aliphatic heterocycles. The molecule has 1 fully saturated rings. The van der Waals surface area contributed by atoms with Crippen molar-refractivity contribution < 1.29 is 19.0 Å². The quantitative estimate of drug-likeness (QED) is 0.305. The number of rotatable bonds is 8. The minimum absolute atomic E-state index is 0.397. The third kappa shape index (κ3) is 4.74. The molecule has 0 bridgehead atoms. The number of methoxy groups -OCH3 is 1. The predicted molar refractivity (Wildman–Crippen MR) is 134 cm³/mol. The van der Waals surface area contributed by atoms with Crippen LogP contribution in [-0.4, -0.2) is 77.2 Å². The van der Waals surface area contributed by atoms with Gasteiger partial charge < -0.3 is 19.2 Å². The maximum atomic E-state index is 12.4. The van der Waals surface area contributed by atoms with E-state index in [0.29, 0.717) is 17.9 Å². The van der Waals surface area contributed by atoms with Crippen molar-refractivity contribution in [3.63, 3.8) is 0 Å². The standard InChI is InChI=1S/C26H31N5O4/c1-4-31-23(12-17(2)29-31)22-15-21-20(16-27-22)19-13-18(26(32)33-3)14-24(25(19)28-21)35-9-5-6-30-7-10-34-11-8-30/h12-16,28H,4-11H2,1-3H3. The molecule has 35 heavy (non-hydrogen) atoms. The Morgan fingerprint density at radius 3 is 2.77 bits per heavy atom. The Balaban J connectivity index is 1.47. The molecule has 9 nitrogen and oxygen atoms in total. The maximum Gasteiger partial charge on any atom is 0.338 e. The maximum absolute atomic E-state index is 12.4. The summed E-state index contributed by atoms with van der Waals surface area (Å²) >= 11 is 0. The molecule has 4 aromatic rings. The van der Waals surface area contributed by atoms with Gasteiger partial charge in [-0.05, 0) is 44.5 Å².